The molecule has 0 heterocycles. The topological polar surface area (TPSA) is 55.4 Å². The molecule has 1 N–H and O–H groups in total. The van der Waals surface area contributed by atoms with Crippen LogP contribution in [-0.4, -0.2) is 18.1 Å². The van der Waals surface area contributed by atoms with Crippen LogP contribution in [-0.2, 0) is 9.59 Å². The Morgan fingerprint density at radius 2 is 1.48 bits per heavy atom. The molecule has 2 aromatic rings. The smallest absolute Gasteiger partial charge is 0.404 e. The van der Waals surface area contributed by atoms with E-state index >= 15 is 0 Å². The number of hydrogen-bond donors (Lipinski definition) is 1. The molecule has 0 aromatic heterocycles. The standard InChI is InChI=1S/C18H16F3NO3/c1-12(23)22-16(13-8-4-2-5-9-13)15(18(19,20)21)17(24)25-14-10-6-3-7-11-14/h2-11,15-16H,1H3,(H,22,23). The quantitative estimate of drug-likeness (QED) is 0.661. The van der Waals surface area contributed by atoms with E-state index in [9.17, 15) is 22.8 Å². The molecule has 0 aliphatic rings. The van der Waals surface area contributed by atoms with Gasteiger partial charge in [0.15, 0.2) is 5.92 Å². The lowest BCUT2D eigenvalue weighted by Gasteiger charge is -2.28. The Balaban J connectivity index is 2.38. The second kappa shape index (κ2) is 7.83. The van der Waals surface area contributed by atoms with Crippen LogP contribution in [0.4, 0.5) is 13.2 Å². The number of esters is 1. The maximum Gasteiger partial charge on any atom is 0.404 e. The van der Waals surface area contributed by atoms with Gasteiger partial charge in [0.05, 0.1) is 6.04 Å². The van der Waals surface area contributed by atoms with Crippen molar-refractivity contribution < 1.29 is 27.5 Å². The van der Waals surface area contributed by atoms with Crippen LogP contribution in [0.25, 0.3) is 0 Å². The molecule has 7 heteroatoms. The van der Waals surface area contributed by atoms with Crippen LogP contribution in [0, 0.1) is 5.92 Å². The van der Waals surface area contributed by atoms with Crippen molar-refractivity contribution in [3.05, 3.63) is 66.2 Å². The van der Waals surface area contributed by atoms with Gasteiger partial charge in [0.1, 0.15) is 5.75 Å². The molecule has 0 radical (unpaired) electrons. The van der Waals surface area contributed by atoms with Crippen LogP contribution in [0.1, 0.15) is 18.5 Å². The lowest BCUT2D eigenvalue weighted by atomic mass is 9.92. The summed E-state index contributed by atoms with van der Waals surface area (Å²) in [6, 6.07) is 13.4. The van der Waals surface area contributed by atoms with Gasteiger partial charge in [0.25, 0.3) is 0 Å². The van der Waals surface area contributed by atoms with Crippen molar-refractivity contribution in [3.8, 4) is 5.75 Å². The zero-order valence-electron chi connectivity index (χ0n) is 13.3. The summed E-state index contributed by atoms with van der Waals surface area (Å²) in [5, 5.41) is 2.21. The number of benzene rings is 2. The van der Waals surface area contributed by atoms with E-state index < -0.39 is 30.0 Å². The molecule has 0 saturated heterocycles. The third-order valence-corrected chi connectivity index (χ3v) is 3.42. The number of hydrogen-bond acceptors (Lipinski definition) is 3. The van der Waals surface area contributed by atoms with E-state index in [4.69, 9.17) is 4.74 Å². The number of alkyl halides is 3. The number of halogens is 3. The number of para-hydroxylation sites is 1. The molecule has 2 unspecified atom stereocenters. The molecular weight excluding hydrogens is 335 g/mol. The molecule has 0 aliphatic heterocycles. The number of nitrogens with one attached hydrogen (secondary N) is 1. The minimum absolute atomic E-state index is 0.00335. The van der Waals surface area contributed by atoms with Gasteiger partial charge in [0, 0.05) is 6.92 Å². The predicted molar refractivity (Wildman–Crippen MR) is 84.6 cm³/mol. The highest BCUT2D eigenvalue weighted by Gasteiger charge is 2.52. The SMILES string of the molecule is CC(=O)NC(c1ccccc1)C(C(=O)Oc1ccccc1)C(F)(F)F. The predicted octanol–water partition coefficient (Wildman–Crippen LogP) is 3.65. The van der Waals surface area contributed by atoms with Crippen LogP contribution in [0.15, 0.2) is 60.7 Å². The van der Waals surface area contributed by atoms with E-state index in [1.807, 2.05) is 0 Å². The lowest BCUT2D eigenvalue weighted by Crippen LogP contribution is -2.45. The summed E-state index contributed by atoms with van der Waals surface area (Å²) >= 11 is 0. The maximum atomic E-state index is 13.6. The summed E-state index contributed by atoms with van der Waals surface area (Å²) in [6.07, 6.45) is -4.91. The monoisotopic (exact) mass is 351 g/mol. The molecule has 2 rings (SSSR count). The average molecular weight is 351 g/mol. The van der Waals surface area contributed by atoms with E-state index in [2.05, 4.69) is 5.32 Å². The highest BCUT2D eigenvalue weighted by atomic mass is 19.4. The Kier molecular flexibility index (Phi) is 5.80. The third-order valence-electron chi connectivity index (χ3n) is 3.42. The zero-order valence-corrected chi connectivity index (χ0v) is 13.3. The zero-order chi connectivity index (χ0) is 18.4. The second-order valence-corrected chi connectivity index (χ2v) is 5.34. The van der Waals surface area contributed by atoms with Crippen molar-refractivity contribution in [3.63, 3.8) is 0 Å². The number of carbonyl (C=O) groups excluding carboxylic acids is 2. The van der Waals surface area contributed by atoms with E-state index in [0.717, 1.165) is 6.92 Å². The van der Waals surface area contributed by atoms with Crippen LogP contribution in [0.2, 0.25) is 0 Å². The first-order valence-corrected chi connectivity index (χ1v) is 7.44. The summed E-state index contributed by atoms with van der Waals surface area (Å²) in [5.41, 5.74) is 0.157. The van der Waals surface area contributed by atoms with Gasteiger partial charge in [-0.1, -0.05) is 48.5 Å². The Hall–Kier alpha value is -2.83. The van der Waals surface area contributed by atoms with Crippen molar-refractivity contribution >= 4 is 11.9 Å². The van der Waals surface area contributed by atoms with Gasteiger partial charge < -0.3 is 10.1 Å². The minimum Gasteiger partial charge on any atom is -0.426 e. The van der Waals surface area contributed by atoms with Gasteiger partial charge in [-0.2, -0.15) is 13.2 Å². The Labute approximate surface area is 142 Å². The Bertz CT molecular complexity index is 717. The lowest BCUT2D eigenvalue weighted by molar-refractivity contribution is -0.197. The Morgan fingerprint density at radius 3 is 1.96 bits per heavy atom. The normalized spacial score (nSPS) is 13.6. The summed E-state index contributed by atoms with van der Waals surface area (Å²) in [4.78, 5) is 23.7. The third kappa shape index (κ3) is 5.07. The fourth-order valence-electron chi connectivity index (χ4n) is 2.37. The van der Waals surface area contributed by atoms with Crippen molar-refractivity contribution in [1.82, 2.24) is 5.32 Å². The maximum absolute atomic E-state index is 13.6. The number of ether oxygens (including phenoxy) is 1. The van der Waals surface area contributed by atoms with Gasteiger partial charge in [-0.3, -0.25) is 9.59 Å². The molecule has 0 aliphatic carbocycles. The molecule has 0 bridgehead atoms. The molecule has 25 heavy (non-hydrogen) atoms. The average Bonchev–Trinajstić information content (AvgIpc) is 2.54. The van der Waals surface area contributed by atoms with Gasteiger partial charge in [-0.05, 0) is 17.7 Å². The first-order valence-electron chi connectivity index (χ1n) is 7.44. The summed E-state index contributed by atoms with van der Waals surface area (Å²) in [6.45, 7) is 1.09. The van der Waals surface area contributed by atoms with Gasteiger partial charge >= 0.3 is 12.1 Å². The number of amides is 1. The van der Waals surface area contributed by atoms with E-state index in [1.165, 1.54) is 48.5 Å². The second-order valence-electron chi connectivity index (χ2n) is 5.34. The summed E-state index contributed by atoms with van der Waals surface area (Å²) in [7, 11) is 0. The molecule has 2 aromatic carbocycles. The van der Waals surface area contributed by atoms with Crippen molar-refractivity contribution in [2.75, 3.05) is 0 Å². The van der Waals surface area contributed by atoms with Crippen LogP contribution >= 0.6 is 0 Å². The molecule has 2 atom stereocenters. The fraction of sp³-hybridized carbons (Fsp3) is 0.222. The molecule has 1 amide bonds. The largest absolute Gasteiger partial charge is 0.426 e. The van der Waals surface area contributed by atoms with Gasteiger partial charge in [-0.25, -0.2) is 0 Å². The van der Waals surface area contributed by atoms with Crippen LogP contribution in [0.5, 0.6) is 5.75 Å². The van der Waals surface area contributed by atoms with E-state index in [-0.39, 0.29) is 11.3 Å². The molecular formula is C18H16F3NO3. The summed E-state index contributed by atoms with van der Waals surface area (Å²) in [5.74, 6) is -4.72. The Morgan fingerprint density at radius 1 is 0.960 bits per heavy atom. The van der Waals surface area contributed by atoms with Gasteiger partial charge in [0.2, 0.25) is 5.91 Å². The van der Waals surface area contributed by atoms with Gasteiger partial charge in [-0.15, -0.1) is 0 Å². The first kappa shape index (κ1) is 18.5. The minimum atomic E-state index is -4.91. The van der Waals surface area contributed by atoms with E-state index in [0.29, 0.717) is 0 Å². The van der Waals surface area contributed by atoms with Crippen molar-refractivity contribution in [1.29, 1.82) is 0 Å². The summed E-state index contributed by atoms with van der Waals surface area (Å²) < 4.78 is 45.7. The molecule has 0 spiro atoms. The first-order chi connectivity index (χ1) is 11.8. The fourth-order valence-corrected chi connectivity index (χ4v) is 2.37. The molecule has 0 saturated carbocycles. The molecule has 0 fully saturated rings. The number of rotatable bonds is 5. The molecule has 4 nitrogen and oxygen atoms in total. The van der Waals surface area contributed by atoms with Crippen LogP contribution in [0.3, 0.4) is 0 Å². The van der Waals surface area contributed by atoms with Crippen molar-refractivity contribution in [2.45, 2.75) is 19.1 Å². The highest BCUT2D eigenvalue weighted by Crippen LogP contribution is 2.37. The van der Waals surface area contributed by atoms with Crippen LogP contribution < -0.4 is 10.1 Å². The number of carbonyl (C=O) groups is 2. The highest BCUT2D eigenvalue weighted by molar-refractivity contribution is 5.79. The molecule has 132 valence electrons. The van der Waals surface area contributed by atoms with E-state index in [1.54, 1.807) is 12.1 Å². The van der Waals surface area contributed by atoms with Crippen molar-refractivity contribution in [2.24, 2.45) is 5.92 Å².